The lowest BCUT2D eigenvalue weighted by Gasteiger charge is -2.05. The van der Waals surface area contributed by atoms with Crippen molar-refractivity contribution in [3.63, 3.8) is 0 Å². The minimum atomic E-state index is -0.204. The lowest BCUT2D eigenvalue weighted by Crippen LogP contribution is -2.12. The van der Waals surface area contributed by atoms with Crippen LogP contribution in [0.2, 0.25) is 0 Å². The first-order valence-corrected chi connectivity index (χ1v) is 8.95. The Hall–Kier alpha value is -2.77. The van der Waals surface area contributed by atoms with Crippen LogP contribution < -0.4 is 5.32 Å². The van der Waals surface area contributed by atoms with E-state index in [1.807, 2.05) is 52.5 Å². The first-order valence-electron chi connectivity index (χ1n) is 7.19. The average Bonchev–Trinajstić information content (AvgIpc) is 3.35. The van der Waals surface area contributed by atoms with Gasteiger partial charge in [-0.15, -0.1) is 22.7 Å². The molecule has 0 fully saturated rings. The topological polar surface area (TPSA) is 59.8 Å². The van der Waals surface area contributed by atoms with Crippen molar-refractivity contribution in [2.24, 2.45) is 0 Å². The Kier molecular flexibility index (Phi) is 3.94. The van der Waals surface area contributed by atoms with Crippen molar-refractivity contribution in [2.75, 3.05) is 5.32 Å². The van der Waals surface area contributed by atoms with Gasteiger partial charge in [0.1, 0.15) is 10.7 Å². The summed E-state index contributed by atoms with van der Waals surface area (Å²) >= 11 is 3.09. The van der Waals surface area contributed by atoms with Gasteiger partial charge in [0, 0.05) is 29.1 Å². The lowest BCUT2D eigenvalue weighted by atomic mass is 10.2. The lowest BCUT2D eigenvalue weighted by molar-refractivity contribution is 0.102. The average molecular weight is 352 g/mol. The second-order valence-electron chi connectivity index (χ2n) is 4.99. The van der Waals surface area contributed by atoms with Crippen molar-refractivity contribution in [1.82, 2.24) is 14.5 Å². The Balaban J connectivity index is 1.48. The van der Waals surface area contributed by atoms with Crippen LogP contribution in [-0.4, -0.2) is 20.4 Å². The second kappa shape index (κ2) is 6.38. The molecule has 0 atom stereocenters. The summed E-state index contributed by atoms with van der Waals surface area (Å²) in [5, 5.41) is 7.52. The van der Waals surface area contributed by atoms with Crippen LogP contribution in [0.1, 0.15) is 10.5 Å². The molecular weight excluding hydrogens is 340 g/mol. The summed E-state index contributed by atoms with van der Waals surface area (Å²) in [6, 6.07) is 11.5. The van der Waals surface area contributed by atoms with Crippen LogP contribution in [0.3, 0.4) is 0 Å². The highest BCUT2D eigenvalue weighted by Crippen LogP contribution is 2.28. The number of thiophene rings is 1. The van der Waals surface area contributed by atoms with Gasteiger partial charge in [-0.3, -0.25) is 4.79 Å². The molecule has 0 aliphatic rings. The maximum atomic E-state index is 12.3. The van der Waals surface area contributed by atoms with Crippen molar-refractivity contribution in [2.45, 2.75) is 0 Å². The van der Waals surface area contributed by atoms with Crippen LogP contribution in [0.15, 0.2) is 65.9 Å². The number of imidazole rings is 1. The van der Waals surface area contributed by atoms with Crippen LogP contribution in [0.5, 0.6) is 0 Å². The molecule has 0 unspecified atom stereocenters. The number of nitrogens with zero attached hydrogens (tertiary/aromatic N) is 3. The van der Waals surface area contributed by atoms with Crippen molar-refractivity contribution >= 4 is 34.3 Å². The van der Waals surface area contributed by atoms with Gasteiger partial charge in [-0.1, -0.05) is 6.07 Å². The van der Waals surface area contributed by atoms with E-state index in [9.17, 15) is 4.79 Å². The number of hydrogen-bond donors (Lipinski definition) is 1. The molecule has 1 N–H and O–H groups in total. The van der Waals surface area contributed by atoms with E-state index in [1.54, 1.807) is 29.2 Å². The van der Waals surface area contributed by atoms with Crippen molar-refractivity contribution < 1.29 is 4.79 Å². The number of thiazole rings is 1. The molecule has 0 aliphatic heterocycles. The molecule has 24 heavy (non-hydrogen) atoms. The van der Waals surface area contributed by atoms with Crippen molar-refractivity contribution in [1.29, 1.82) is 0 Å². The van der Waals surface area contributed by atoms with Gasteiger partial charge in [-0.2, -0.15) is 0 Å². The molecule has 0 aliphatic carbocycles. The first-order chi connectivity index (χ1) is 11.8. The molecule has 0 radical (unpaired) electrons. The summed E-state index contributed by atoms with van der Waals surface area (Å²) in [7, 11) is 0. The zero-order chi connectivity index (χ0) is 16.4. The van der Waals surface area contributed by atoms with E-state index < -0.39 is 0 Å². The van der Waals surface area contributed by atoms with Gasteiger partial charge >= 0.3 is 0 Å². The smallest absolute Gasteiger partial charge is 0.275 e. The van der Waals surface area contributed by atoms with E-state index in [1.165, 1.54) is 11.3 Å². The van der Waals surface area contributed by atoms with Crippen LogP contribution in [0, 0.1) is 0 Å². The van der Waals surface area contributed by atoms with Gasteiger partial charge in [0.15, 0.2) is 0 Å². The molecule has 3 heterocycles. The molecule has 0 saturated heterocycles. The van der Waals surface area contributed by atoms with E-state index in [0.717, 1.165) is 21.3 Å². The quantitative estimate of drug-likeness (QED) is 0.595. The normalized spacial score (nSPS) is 10.7. The third-order valence-electron chi connectivity index (χ3n) is 3.40. The first kappa shape index (κ1) is 14.8. The van der Waals surface area contributed by atoms with Gasteiger partial charge in [0.05, 0.1) is 11.2 Å². The number of amides is 1. The van der Waals surface area contributed by atoms with Gasteiger partial charge in [0.25, 0.3) is 5.91 Å². The van der Waals surface area contributed by atoms with Crippen LogP contribution >= 0.6 is 22.7 Å². The summed E-state index contributed by atoms with van der Waals surface area (Å²) in [6.45, 7) is 0. The fourth-order valence-corrected chi connectivity index (χ4v) is 3.83. The summed E-state index contributed by atoms with van der Waals surface area (Å²) in [6.07, 6.45) is 5.33. The standard InChI is InChI=1S/C17H12N4OS2/c22-16(14-10-24-17(20-14)15-2-1-9-23-15)19-12-3-5-13(6-4-12)21-8-7-18-11-21/h1-11H,(H,19,22). The maximum absolute atomic E-state index is 12.3. The van der Waals surface area contributed by atoms with Gasteiger partial charge in [0.2, 0.25) is 0 Å². The molecular formula is C17H12N4OS2. The monoisotopic (exact) mass is 352 g/mol. The number of benzene rings is 1. The number of carbonyl (C=O) groups is 1. The van der Waals surface area contributed by atoms with Crippen LogP contribution in [0.25, 0.3) is 15.6 Å². The number of aromatic nitrogens is 3. The molecule has 7 heteroatoms. The molecule has 5 nitrogen and oxygen atoms in total. The number of nitrogens with one attached hydrogen (secondary N) is 1. The Labute approximate surface area is 146 Å². The molecule has 3 aromatic heterocycles. The van der Waals surface area contributed by atoms with Gasteiger partial charge in [-0.25, -0.2) is 9.97 Å². The number of rotatable bonds is 4. The Morgan fingerprint density at radius 3 is 2.71 bits per heavy atom. The fourth-order valence-electron chi connectivity index (χ4n) is 2.22. The van der Waals surface area contributed by atoms with Crippen molar-refractivity contribution in [3.8, 4) is 15.6 Å². The van der Waals surface area contributed by atoms with Crippen LogP contribution in [-0.2, 0) is 0 Å². The highest BCUT2D eigenvalue weighted by Gasteiger charge is 2.12. The minimum Gasteiger partial charge on any atom is -0.321 e. The Morgan fingerprint density at radius 2 is 2.00 bits per heavy atom. The van der Waals surface area contributed by atoms with E-state index in [-0.39, 0.29) is 5.91 Å². The third kappa shape index (κ3) is 2.99. The molecule has 0 bridgehead atoms. The SMILES string of the molecule is O=C(Nc1ccc(-n2ccnc2)cc1)c1csc(-c2cccs2)n1. The molecule has 4 rings (SSSR count). The number of carbonyl (C=O) groups excluding carboxylic acids is 1. The summed E-state index contributed by atoms with van der Waals surface area (Å²) in [5.41, 5.74) is 2.15. The molecule has 0 saturated carbocycles. The molecule has 118 valence electrons. The number of hydrogen-bond acceptors (Lipinski definition) is 5. The highest BCUT2D eigenvalue weighted by molar-refractivity contribution is 7.20. The van der Waals surface area contributed by atoms with Gasteiger partial charge in [-0.05, 0) is 35.7 Å². The molecule has 1 aromatic carbocycles. The number of anilines is 1. The highest BCUT2D eigenvalue weighted by atomic mass is 32.1. The summed E-state index contributed by atoms with van der Waals surface area (Å²) < 4.78 is 1.90. The van der Waals surface area contributed by atoms with Crippen LogP contribution in [0.4, 0.5) is 5.69 Å². The molecule has 0 spiro atoms. The molecule has 4 aromatic rings. The van der Waals surface area contributed by atoms with E-state index in [4.69, 9.17) is 0 Å². The van der Waals surface area contributed by atoms with Gasteiger partial charge < -0.3 is 9.88 Å². The molecule has 1 amide bonds. The fraction of sp³-hybridized carbons (Fsp3) is 0. The zero-order valence-corrected chi connectivity index (χ0v) is 14.1. The van der Waals surface area contributed by atoms with E-state index in [0.29, 0.717) is 5.69 Å². The summed E-state index contributed by atoms with van der Waals surface area (Å²) in [5.74, 6) is -0.204. The predicted octanol–water partition coefficient (Wildman–Crippen LogP) is 4.31. The minimum absolute atomic E-state index is 0.204. The Morgan fingerprint density at radius 1 is 1.12 bits per heavy atom. The largest absolute Gasteiger partial charge is 0.321 e. The predicted molar refractivity (Wildman–Crippen MR) is 96.9 cm³/mol. The zero-order valence-electron chi connectivity index (χ0n) is 12.4. The van der Waals surface area contributed by atoms with E-state index >= 15 is 0 Å². The Bertz CT molecular complexity index is 941. The second-order valence-corrected chi connectivity index (χ2v) is 6.79. The van der Waals surface area contributed by atoms with E-state index in [2.05, 4.69) is 15.3 Å². The summed E-state index contributed by atoms with van der Waals surface area (Å²) in [4.78, 5) is 21.8. The van der Waals surface area contributed by atoms with Crippen molar-refractivity contribution in [3.05, 3.63) is 71.6 Å². The maximum Gasteiger partial charge on any atom is 0.275 e. The third-order valence-corrected chi connectivity index (χ3v) is 5.28.